The van der Waals surface area contributed by atoms with Crippen molar-refractivity contribution in [3.05, 3.63) is 51.0 Å². The molecule has 4 nitrogen and oxygen atoms in total. The van der Waals surface area contributed by atoms with Crippen molar-refractivity contribution in [2.45, 2.75) is 57.9 Å². The van der Waals surface area contributed by atoms with Crippen LogP contribution >= 0.6 is 23.2 Å². The van der Waals surface area contributed by atoms with Gasteiger partial charge in [0.2, 0.25) is 0 Å². The molecule has 2 aromatic rings. The second kappa shape index (κ2) is 7.38. The van der Waals surface area contributed by atoms with Gasteiger partial charge in [-0.2, -0.15) is 0 Å². The Hall–Kier alpha value is -1.52. The summed E-state index contributed by atoms with van der Waals surface area (Å²) < 4.78 is 2.20. The third kappa shape index (κ3) is 3.85. The number of rotatable bonds is 5. The number of aliphatic carboxylic acids is 1. The van der Waals surface area contributed by atoms with Gasteiger partial charge in [0.25, 0.3) is 0 Å². The lowest BCUT2D eigenvalue weighted by atomic mass is 9.87. The van der Waals surface area contributed by atoms with Crippen molar-refractivity contribution in [3.8, 4) is 0 Å². The number of aromatic nitrogens is 2. The predicted octanol–water partition coefficient (Wildman–Crippen LogP) is 5.26. The van der Waals surface area contributed by atoms with Gasteiger partial charge in [-0.25, -0.2) is 4.98 Å². The minimum atomic E-state index is -0.758. The van der Waals surface area contributed by atoms with Gasteiger partial charge in [0.05, 0.1) is 22.2 Å². The Morgan fingerprint density at radius 2 is 2.12 bits per heavy atom. The smallest absolute Gasteiger partial charge is 0.304 e. The summed E-state index contributed by atoms with van der Waals surface area (Å²) >= 11 is 12.2. The number of aryl methyl sites for hydroxylation is 1. The molecule has 0 bridgehead atoms. The standard InChI is InChI=1S/C19H22Cl2N2O2/c1-11(2)19-22-16-5-3-4-13(9-17(24)25)18(16)23(19)10-12-6-7-14(20)15(21)8-12/h6-8,11,13H,3-5,9-10H2,1-2H3,(H,24,25). The second-order valence-corrected chi connectivity index (χ2v) is 7.79. The molecule has 1 aliphatic rings. The van der Waals surface area contributed by atoms with Gasteiger partial charge in [0.15, 0.2) is 0 Å². The maximum Gasteiger partial charge on any atom is 0.304 e. The molecule has 1 heterocycles. The number of fused-ring (bicyclic) bond motifs is 1. The Kier molecular flexibility index (Phi) is 5.40. The highest BCUT2D eigenvalue weighted by Gasteiger charge is 2.30. The SMILES string of the molecule is CC(C)c1nc2c(n1Cc1ccc(Cl)c(Cl)c1)C(CC(=O)O)CCC2. The molecule has 1 aliphatic carbocycles. The zero-order chi connectivity index (χ0) is 18.1. The van der Waals surface area contributed by atoms with Gasteiger partial charge in [0, 0.05) is 24.1 Å². The lowest BCUT2D eigenvalue weighted by Gasteiger charge is -2.24. The van der Waals surface area contributed by atoms with Gasteiger partial charge in [-0.05, 0) is 37.0 Å². The van der Waals surface area contributed by atoms with E-state index in [9.17, 15) is 9.90 Å². The summed E-state index contributed by atoms with van der Waals surface area (Å²) in [5.41, 5.74) is 3.18. The highest BCUT2D eigenvalue weighted by Crippen LogP contribution is 2.37. The first-order valence-corrected chi connectivity index (χ1v) is 9.37. The molecule has 0 fully saturated rings. The molecule has 1 aromatic carbocycles. The molecule has 1 atom stereocenters. The number of carbonyl (C=O) groups is 1. The fourth-order valence-electron chi connectivity index (χ4n) is 3.66. The third-order valence-corrected chi connectivity index (χ3v) is 5.47. The molecule has 0 amide bonds. The van der Waals surface area contributed by atoms with Crippen molar-refractivity contribution < 1.29 is 9.90 Å². The Balaban J connectivity index is 2.05. The van der Waals surface area contributed by atoms with Gasteiger partial charge in [-0.3, -0.25) is 4.79 Å². The second-order valence-electron chi connectivity index (χ2n) is 6.98. The summed E-state index contributed by atoms with van der Waals surface area (Å²) in [6.07, 6.45) is 2.95. The zero-order valence-corrected chi connectivity index (χ0v) is 15.9. The van der Waals surface area contributed by atoms with Crippen molar-refractivity contribution >= 4 is 29.2 Å². The van der Waals surface area contributed by atoms with Crippen molar-refractivity contribution in [1.82, 2.24) is 9.55 Å². The first kappa shape index (κ1) is 18.3. The van der Waals surface area contributed by atoms with Crippen LogP contribution in [0.4, 0.5) is 0 Å². The van der Waals surface area contributed by atoms with Crippen molar-refractivity contribution in [3.63, 3.8) is 0 Å². The first-order chi connectivity index (χ1) is 11.9. The molecule has 1 N–H and O–H groups in total. The van der Waals surface area contributed by atoms with E-state index in [0.29, 0.717) is 16.6 Å². The predicted molar refractivity (Wildman–Crippen MR) is 99.8 cm³/mol. The van der Waals surface area contributed by atoms with E-state index in [1.807, 2.05) is 12.1 Å². The van der Waals surface area contributed by atoms with Gasteiger partial charge in [0.1, 0.15) is 5.82 Å². The largest absolute Gasteiger partial charge is 0.481 e. The summed E-state index contributed by atoms with van der Waals surface area (Å²) in [5, 5.41) is 10.4. The van der Waals surface area contributed by atoms with Gasteiger partial charge in [-0.1, -0.05) is 43.1 Å². The fourth-order valence-corrected chi connectivity index (χ4v) is 3.99. The lowest BCUT2D eigenvalue weighted by molar-refractivity contribution is -0.137. The van der Waals surface area contributed by atoms with E-state index in [1.54, 1.807) is 6.07 Å². The molecule has 3 rings (SSSR count). The molecule has 134 valence electrons. The number of hydrogen-bond donors (Lipinski definition) is 1. The van der Waals surface area contributed by atoms with Gasteiger partial charge in [-0.15, -0.1) is 0 Å². The molecule has 6 heteroatoms. The van der Waals surface area contributed by atoms with Crippen LogP contribution in [0.15, 0.2) is 18.2 Å². The Bertz CT molecular complexity index is 799. The quantitative estimate of drug-likeness (QED) is 0.769. The molecule has 0 saturated carbocycles. The van der Waals surface area contributed by atoms with Crippen LogP contribution in [0.2, 0.25) is 10.0 Å². The number of hydrogen-bond acceptors (Lipinski definition) is 2. The molecule has 25 heavy (non-hydrogen) atoms. The fraction of sp³-hybridized carbons (Fsp3) is 0.474. The van der Waals surface area contributed by atoms with Crippen LogP contribution in [-0.2, 0) is 17.8 Å². The number of carboxylic acids is 1. The van der Waals surface area contributed by atoms with E-state index >= 15 is 0 Å². The monoisotopic (exact) mass is 380 g/mol. The van der Waals surface area contributed by atoms with Crippen LogP contribution in [0.3, 0.4) is 0 Å². The van der Waals surface area contributed by atoms with E-state index in [-0.39, 0.29) is 18.3 Å². The van der Waals surface area contributed by atoms with Crippen LogP contribution in [0.5, 0.6) is 0 Å². The first-order valence-electron chi connectivity index (χ1n) is 8.61. The molecule has 1 aromatic heterocycles. The molecular formula is C19H22Cl2N2O2. The highest BCUT2D eigenvalue weighted by atomic mass is 35.5. The molecule has 1 unspecified atom stereocenters. The summed E-state index contributed by atoms with van der Waals surface area (Å²) in [4.78, 5) is 16.2. The van der Waals surface area contributed by atoms with Crippen LogP contribution in [0.1, 0.15) is 67.7 Å². The Morgan fingerprint density at radius 1 is 1.36 bits per heavy atom. The zero-order valence-electron chi connectivity index (χ0n) is 14.4. The number of nitrogens with zero attached hydrogens (tertiary/aromatic N) is 2. The third-order valence-electron chi connectivity index (χ3n) is 4.73. The van der Waals surface area contributed by atoms with E-state index in [0.717, 1.165) is 42.0 Å². The molecule has 0 radical (unpaired) electrons. The summed E-state index contributed by atoms with van der Waals surface area (Å²) in [7, 11) is 0. The lowest BCUT2D eigenvalue weighted by Crippen LogP contribution is -2.18. The number of imidazole rings is 1. The maximum absolute atomic E-state index is 11.3. The van der Waals surface area contributed by atoms with E-state index in [4.69, 9.17) is 28.2 Å². The van der Waals surface area contributed by atoms with E-state index in [2.05, 4.69) is 18.4 Å². The van der Waals surface area contributed by atoms with Crippen LogP contribution in [0.25, 0.3) is 0 Å². The van der Waals surface area contributed by atoms with Crippen LogP contribution in [-0.4, -0.2) is 20.6 Å². The minimum Gasteiger partial charge on any atom is -0.481 e. The van der Waals surface area contributed by atoms with Crippen molar-refractivity contribution in [1.29, 1.82) is 0 Å². The average Bonchev–Trinajstić information content (AvgIpc) is 2.90. The normalized spacial score (nSPS) is 16.9. The van der Waals surface area contributed by atoms with Crippen LogP contribution in [0, 0.1) is 0 Å². The Labute approximate surface area is 157 Å². The molecule has 0 aliphatic heterocycles. The summed E-state index contributed by atoms with van der Waals surface area (Å²) in [6, 6.07) is 5.63. The topological polar surface area (TPSA) is 55.1 Å². The van der Waals surface area contributed by atoms with Gasteiger partial charge >= 0.3 is 5.97 Å². The van der Waals surface area contributed by atoms with Crippen molar-refractivity contribution in [2.75, 3.05) is 0 Å². The molecular weight excluding hydrogens is 359 g/mol. The minimum absolute atomic E-state index is 0.0176. The number of carboxylic acid groups (broad SMARTS) is 1. The average molecular weight is 381 g/mol. The molecule has 0 saturated heterocycles. The van der Waals surface area contributed by atoms with E-state index < -0.39 is 5.97 Å². The number of halogens is 2. The molecule has 0 spiro atoms. The number of benzene rings is 1. The maximum atomic E-state index is 11.3. The summed E-state index contributed by atoms with van der Waals surface area (Å²) in [6.45, 7) is 4.86. The summed E-state index contributed by atoms with van der Waals surface area (Å²) in [5.74, 6) is 0.530. The van der Waals surface area contributed by atoms with Crippen LogP contribution < -0.4 is 0 Å². The Morgan fingerprint density at radius 3 is 2.76 bits per heavy atom. The van der Waals surface area contributed by atoms with Crippen molar-refractivity contribution in [2.24, 2.45) is 0 Å². The van der Waals surface area contributed by atoms with Gasteiger partial charge < -0.3 is 9.67 Å². The highest BCUT2D eigenvalue weighted by molar-refractivity contribution is 6.42. The van der Waals surface area contributed by atoms with E-state index in [1.165, 1.54) is 0 Å².